The Morgan fingerprint density at radius 2 is 1.88 bits per heavy atom. The van der Waals surface area contributed by atoms with Crippen molar-refractivity contribution in [3.8, 4) is 0 Å². The number of amides is 1. The predicted octanol–water partition coefficient (Wildman–Crippen LogP) is 4.79. The van der Waals surface area contributed by atoms with Crippen molar-refractivity contribution in [2.24, 2.45) is 0 Å². The Balaban J connectivity index is 1.41. The van der Waals surface area contributed by atoms with Crippen LogP contribution in [0, 0.1) is 5.82 Å². The van der Waals surface area contributed by atoms with Gasteiger partial charge in [-0.25, -0.2) is 9.37 Å². The molecule has 1 aliphatic rings. The summed E-state index contributed by atoms with van der Waals surface area (Å²) in [5.41, 5.74) is 2.08. The van der Waals surface area contributed by atoms with E-state index in [4.69, 9.17) is 11.6 Å². The highest BCUT2D eigenvalue weighted by molar-refractivity contribution is 6.32. The van der Waals surface area contributed by atoms with Gasteiger partial charge in [-0.2, -0.15) is 4.98 Å². The highest BCUT2D eigenvalue weighted by Gasteiger charge is 2.23. The lowest BCUT2D eigenvalue weighted by atomic mass is 10.1. The van der Waals surface area contributed by atoms with E-state index in [1.165, 1.54) is 18.3 Å². The Bertz CT molecular complexity index is 1150. The second-order valence-electron chi connectivity index (χ2n) is 8.50. The third-order valence-electron chi connectivity index (χ3n) is 5.79. The minimum atomic E-state index is -0.299. The summed E-state index contributed by atoms with van der Waals surface area (Å²) in [5, 5.41) is 6.60. The van der Waals surface area contributed by atoms with Crippen LogP contribution in [0.3, 0.4) is 0 Å². The minimum absolute atomic E-state index is 0.0153. The van der Waals surface area contributed by atoms with Crippen LogP contribution >= 0.6 is 11.6 Å². The second-order valence-corrected chi connectivity index (χ2v) is 8.91. The number of carbonyl (C=O) groups is 1. The molecule has 3 aromatic rings. The van der Waals surface area contributed by atoms with Gasteiger partial charge in [0.1, 0.15) is 10.8 Å². The topological polar surface area (TPSA) is 73.4 Å². The molecule has 178 valence electrons. The van der Waals surface area contributed by atoms with Crippen LogP contribution in [0.25, 0.3) is 0 Å². The lowest BCUT2D eigenvalue weighted by Gasteiger charge is -2.37. The highest BCUT2D eigenvalue weighted by Crippen LogP contribution is 2.23. The molecule has 0 aliphatic carbocycles. The van der Waals surface area contributed by atoms with Crippen molar-refractivity contribution in [3.05, 3.63) is 76.7 Å². The van der Waals surface area contributed by atoms with Gasteiger partial charge in [0, 0.05) is 50.0 Å². The van der Waals surface area contributed by atoms with Crippen molar-refractivity contribution in [2.75, 3.05) is 36.8 Å². The Morgan fingerprint density at radius 1 is 1.12 bits per heavy atom. The van der Waals surface area contributed by atoms with Gasteiger partial charge in [-0.15, -0.1) is 0 Å². The summed E-state index contributed by atoms with van der Waals surface area (Å²) < 4.78 is 13.4. The first-order valence-electron chi connectivity index (χ1n) is 11.3. The summed E-state index contributed by atoms with van der Waals surface area (Å²) >= 11 is 6.24. The summed E-state index contributed by atoms with van der Waals surface area (Å²) in [6, 6.07) is 14.1. The van der Waals surface area contributed by atoms with Crippen LogP contribution in [0.4, 0.5) is 21.8 Å². The van der Waals surface area contributed by atoms with Crippen molar-refractivity contribution in [3.63, 3.8) is 0 Å². The number of rotatable bonds is 7. The van der Waals surface area contributed by atoms with Gasteiger partial charge in [0.15, 0.2) is 5.82 Å². The summed E-state index contributed by atoms with van der Waals surface area (Å²) in [5.74, 6) is 0.480. The van der Waals surface area contributed by atoms with Gasteiger partial charge in [-0.05, 0) is 49.7 Å². The first-order chi connectivity index (χ1) is 16.4. The Hall–Kier alpha value is -3.23. The average Bonchev–Trinajstić information content (AvgIpc) is 2.84. The van der Waals surface area contributed by atoms with Crippen LogP contribution in [0.1, 0.15) is 29.8 Å². The van der Waals surface area contributed by atoms with E-state index in [1.54, 1.807) is 12.1 Å². The van der Waals surface area contributed by atoms with Gasteiger partial charge in [0.05, 0.1) is 6.20 Å². The molecular weight excluding hydrogens is 455 g/mol. The molecule has 1 aromatic heterocycles. The summed E-state index contributed by atoms with van der Waals surface area (Å²) in [6.07, 6.45) is 1.49. The van der Waals surface area contributed by atoms with E-state index < -0.39 is 0 Å². The monoisotopic (exact) mass is 482 g/mol. The molecule has 7 nitrogen and oxygen atoms in total. The van der Waals surface area contributed by atoms with Crippen LogP contribution in [0.15, 0.2) is 54.7 Å². The molecule has 1 fully saturated rings. The van der Waals surface area contributed by atoms with Crippen molar-refractivity contribution >= 4 is 35.0 Å². The molecule has 2 heterocycles. The first-order valence-corrected chi connectivity index (χ1v) is 11.7. The van der Waals surface area contributed by atoms with Crippen molar-refractivity contribution in [1.29, 1.82) is 0 Å². The van der Waals surface area contributed by atoms with Gasteiger partial charge in [0.2, 0.25) is 5.95 Å². The summed E-state index contributed by atoms with van der Waals surface area (Å²) in [7, 11) is 0. The molecule has 0 atom stereocenters. The second kappa shape index (κ2) is 10.8. The molecule has 4 rings (SSSR count). The zero-order chi connectivity index (χ0) is 24.1. The lowest BCUT2D eigenvalue weighted by molar-refractivity contribution is 0.0595. The zero-order valence-electron chi connectivity index (χ0n) is 19.3. The van der Waals surface area contributed by atoms with Crippen LogP contribution in [-0.2, 0) is 6.54 Å². The number of nitrogens with zero attached hydrogens (tertiary/aromatic N) is 4. The van der Waals surface area contributed by atoms with Crippen molar-refractivity contribution < 1.29 is 9.18 Å². The molecule has 0 bridgehead atoms. The first kappa shape index (κ1) is 23.9. The molecule has 0 saturated carbocycles. The number of nitrogens with one attached hydrogen (secondary N) is 2. The average molecular weight is 483 g/mol. The quantitative estimate of drug-likeness (QED) is 0.504. The van der Waals surface area contributed by atoms with Crippen LogP contribution in [0.5, 0.6) is 0 Å². The maximum atomic E-state index is 13.4. The fraction of sp³-hybridized carbons (Fsp3) is 0.320. The minimum Gasteiger partial charge on any atom is -0.365 e. The predicted molar refractivity (Wildman–Crippen MR) is 133 cm³/mol. The third kappa shape index (κ3) is 6.01. The number of anilines is 3. The molecule has 0 spiro atoms. The molecule has 2 N–H and O–H groups in total. The highest BCUT2D eigenvalue weighted by atomic mass is 35.5. The van der Waals surface area contributed by atoms with Crippen LogP contribution in [-0.4, -0.2) is 57.9 Å². The van der Waals surface area contributed by atoms with Crippen molar-refractivity contribution in [2.45, 2.75) is 26.4 Å². The molecule has 9 heteroatoms. The Kier molecular flexibility index (Phi) is 7.59. The standard InChI is InChI=1S/C25H28ClFN6O/c1-17(2)32-9-11-33(12-10-32)24(34)19-6-4-8-21(14-19)30-25-29-16-22(26)23(31-25)28-15-18-5-3-7-20(27)13-18/h3-8,13-14,16-17H,9-12,15H2,1-2H3,(H2,28,29,30,31). The smallest absolute Gasteiger partial charge is 0.254 e. The Morgan fingerprint density at radius 3 is 2.62 bits per heavy atom. The van der Waals surface area contributed by atoms with Crippen molar-refractivity contribution in [1.82, 2.24) is 19.8 Å². The number of carbonyl (C=O) groups excluding carboxylic acids is 1. The number of piperazine rings is 1. The van der Waals surface area contributed by atoms with Gasteiger partial charge in [-0.1, -0.05) is 29.8 Å². The zero-order valence-corrected chi connectivity index (χ0v) is 20.0. The summed E-state index contributed by atoms with van der Waals surface area (Å²) in [4.78, 5) is 26.0. The SMILES string of the molecule is CC(C)N1CCN(C(=O)c2cccc(Nc3ncc(Cl)c(NCc4cccc(F)c4)n3)c2)CC1. The third-order valence-corrected chi connectivity index (χ3v) is 6.07. The fourth-order valence-electron chi connectivity index (χ4n) is 3.87. The van der Waals surface area contributed by atoms with E-state index in [2.05, 4.69) is 39.3 Å². The number of halogens is 2. The molecule has 1 amide bonds. The van der Waals surface area contributed by atoms with Crippen LogP contribution in [0.2, 0.25) is 5.02 Å². The van der Waals surface area contributed by atoms with Gasteiger partial charge >= 0.3 is 0 Å². The largest absolute Gasteiger partial charge is 0.365 e. The molecule has 2 aromatic carbocycles. The van der Waals surface area contributed by atoms with Crippen LogP contribution < -0.4 is 10.6 Å². The van der Waals surface area contributed by atoms with E-state index in [-0.39, 0.29) is 11.7 Å². The van der Waals surface area contributed by atoms with Gasteiger partial charge < -0.3 is 15.5 Å². The van der Waals surface area contributed by atoms with Gasteiger partial charge in [-0.3, -0.25) is 9.69 Å². The van der Waals surface area contributed by atoms with E-state index in [0.717, 1.165) is 31.7 Å². The fourth-order valence-corrected chi connectivity index (χ4v) is 4.02. The lowest BCUT2D eigenvalue weighted by Crippen LogP contribution is -2.50. The van der Waals surface area contributed by atoms with E-state index >= 15 is 0 Å². The van der Waals surface area contributed by atoms with E-state index in [9.17, 15) is 9.18 Å². The normalized spacial score (nSPS) is 14.3. The van der Waals surface area contributed by atoms with E-state index in [1.807, 2.05) is 29.2 Å². The molecule has 1 aliphatic heterocycles. The molecule has 34 heavy (non-hydrogen) atoms. The molecular formula is C25H28ClFN6O. The maximum Gasteiger partial charge on any atom is 0.254 e. The number of aromatic nitrogens is 2. The van der Waals surface area contributed by atoms with Gasteiger partial charge in [0.25, 0.3) is 5.91 Å². The maximum absolute atomic E-state index is 13.4. The number of hydrogen-bond donors (Lipinski definition) is 2. The van der Waals surface area contributed by atoms with E-state index in [0.29, 0.717) is 40.6 Å². The molecule has 0 unspecified atom stereocenters. The Labute approximate surface area is 204 Å². The number of hydrogen-bond acceptors (Lipinski definition) is 6. The summed E-state index contributed by atoms with van der Waals surface area (Å²) in [6.45, 7) is 7.91. The number of benzene rings is 2. The molecule has 1 saturated heterocycles. The molecule has 0 radical (unpaired) electrons.